The first-order chi connectivity index (χ1) is 8.24. The fraction of sp³-hybridized carbons (Fsp3) is 0.538. The van der Waals surface area contributed by atoms with Crippen LogP contribution in [0, 0.1) is 12.8 Å². The summed E-state index contributed by atoms with van der Waals surface area (Å²) in [5.74, 6) is -0.943. The van der Waals surface area contributed by atoms with E-state index in [4.69, 9.17) is 0 Å². The van der Waals surface area contributed by atoms with Gasteiger partial charge < -0.3 is 10.2 Å². The zero-order chi connectivity index (χ0) is 13.9. The molecule has 4 nitrogen and oxygen atoms in total. The van der Waals surface area contributed by atoms with Gasteiger partial charge in [0.25, 0.3) is 0 Å². The van der Waals surface area contributed by atoms with Crippen molar-refractivity contribution in [3.8, 4) is 0 Å². The van der Waals surface area contributed by atoms with Gasteiger partial charge in [-0.3, -0.25) is 0 Å². The lowest BCUT2D eigenvalue weighted by atomic mass is 10.0. The number of aryl methyl sites for hydroxylation is 1. The summed E-state index contributed by atoms with van der Waals surface area (Å²) in [5.41, 5.74) is 0.983. The SMILES string of the molecule is Cc1ccc(S(=O)(=O)CC(C(C)O)C(C)O)cc1. The minimum Gasteiger partial charge on any atom is -0.393 e. The highest BCUT2D eigenvalue weighted by molar-refractivity contribution is 7.91. The van der Waals surface area contributed by atoms with E-state index in [1.165, 1.54) is 13.8 Å². The van der Waals surface area contributed by atoms with Gasteiger partial charge in [0.2, 0.25) is 0 Å². The van der Waals surface area contributed by atoms with Crippen LogP contribution in [-0.2, 0) is 9.84 Å². The Bertz CT molecular complexity index is 466. The highest BCUT2D eigenvalue weighted by Crippen LogP contribution is 2.19. The summed E-state index contributed by atoms with van der Waals surface area (Å²) in [6.45, 7) is 4.86. The number of hydrogen-bond donors (Lipinski definition) is 2. The molecule has 0 heterocycles. The summed E-state index contributed by atoms with van der Waals surface area (Å²) in [7, 11) is -3.49. The van der Waals surface area contributed by atoms with Crippen LogP contribution in [0.3, 0.4) is 0 Å². The zero-order valence-electron chi connectivity index (χ0n) is 10.9. The smallest absolute Gasteiger partial charge is 0.178 e. The van der Waals surface area contributed by atoms with E-state index in [-0.39, 0.29) is 10.6 Å². The Labute approximate surface area is 108 Å². The molecule has 0 radical (unpaired) electrons. The maximum absolute atomic E-state index is 12.1. The standard InChI is InChI=1S/C13H20O4S/c1-9-4-6-12(7-5-9)18(16,17)8-13(10(2)14)11(3)15/h4-7,10-11,13-15H,8H2,1-3H3. The molecule has 0 amide bonds. The quantitative estimate of drug-likeness (QED) is 0.843. The number of benzene rings is 1. The molecule has 1 aromatic rings. The molecular weight excluding hydrogens is 252 g/mol. The van der Waals surface area contributed by atoms with E-state index in [0.29, 0.717) is 0 Å². The molecule has 0 aromatic heterocycles. The van der Waals surface area contributed by atoms with Gasteiger partial charge in [-0.15, -0.1) is 0 Å². The normalized spacial score (nSPS) is 17.2. The molecule has 0 bridgehead atoms. The summed E-state index contributed by atoms with van der Waals surface area (Å²) in [6.07, 6.45) is -1.74. The van der Waals surface area contributed by atoms with Crippen LogP contribution in [0.2, 0.25) is 0 Å². The van der Waals surface area contributed by atoms with Crippen molar-refractivity contribution in [3.63, 3.8) is 0 Å². The van der Waals surface area contributed by atoms with E-state index in [2.05, 4.69) is 0 Å². The summed E-state index contributed by atoms with van der Waals surface area (Å²) in [6, 6.07) is 6.55. The summed E-state index contributed by atoms with van der Waals surface area (Å²) >= 11 is 0. The Morgan fingerprint density at radius 1 is 1.06 bits per heavy atom. The van der Waals surface area contributed by atoms with E-state index in [1.807, 2.05) is 6.92 Å². The number of aliphatic hydroxyl groups is 2. The molecule has 0 fully saturated rings. The van der Waals surface area contributed by atoms with Crippen molar-refractivity contribution in [1.29, 1.82) is 0 Å². The monoisotopic (exact) mass is 272 g/mol. The van der Waals surface area contributed by atoms with Crippen molar-refractivity contribution in [2.45, 2.75) is 37.9 Å². The van der Waals surface area contributed by atoms with Crippen molar-refractivity contribution >= 4 is 9.84 Å². The molecule has 0 saturated carbocycles. The predicted octanol–water partition coefficient (Wildman–Crippen LogP) is 1.15. The molecule has 102 valence electrons. The van der Waals surface area contributed by atoms with Crippen LogP contribution in [0.5, 0.6) is 0 Å². The van der Waals surface area contributed by atoms with Crippen LogP contribution in [0.15, 0.2) is 29.2 Å². The average Bonchev–Trinajstić information content (AvgIpc) is 2.26. The van der Waals surface area contributed by atoms with Crippen molar-refractivity contribution < 1.29 is 18.6 Å². The molecule has 5 heteroatoms. The number of rotatable bonds is 5. The third-order valence-electron chi connectivity index (χ3n) is 3.03. The zero-order valence-corrected chi connectivity index (χ0v) is 11.7. The summed E-state index contributed by atoms with van der Waals surface area (Å²) in [5, 5.41) is 19.0. The van der Waals surface area contributed by atoms with Crippen LogP contribution < -0.4 is 0 Å². The number of aliphatic hydroxyl groups excluding tert-OH is 2. The van der Waals surface area contributed by atoms with Gasteiger partial charge in [-0.2, -0.15) is 0 Å². The van der Waals surface area contributed by atoms with Crippen LogP contribution >= 0.6 is 0 Å². The van der Waals surface area contributed by atoms with Gasteiger partial charge in [0.05, 0.1) is 22.9 Å². The molecule has 2 N–H and O–H groups in total. The van der Waals surface area contributed by atoms with Crippen LogP contribution in [0.25, 0.3) is 0 Å². The Morgan fingerprint density at radius 2 is 1.50 bits per heavy atom. The van der Waals surface area contributed by atoms with Gasteiger partial charge in [0.15, 0.2) is 9.84 Å². The van der Waals surface area contributed by atoms with Crippen molar-refractivity contribution in [2.75, 3.05) is 5.75 Å². The molecule has 2 atom stereocenters. The Hall–Kier alpha value is -0.910. The second kappa shape index (κ2) is 5.82. The lowest BCUT2D eigenvalue weighted by Crippen LogP contribution is -2.34. The van der Waals surface area contributed by atoms with E-state index in [1.54, 1.807) is 24.3 Å². The summed E-state index contributed by atoms with van der Waals surface area (Å²) < 4.78 is 24.3. The Morgan fingerprint density at radius 3 is 1.89 bits per heavy atom. The van der Waals surface area contributed by atoms with Crippen molar-refractivity contribution in [2.24, 2.45) is 5.92 Å². The molecular formula is C13H20O4S. The van der Waals surface area contributed by atoms with E-state index >= 15 is 0 Å². The largest absolute Gasteiger partial charge is 0.393 e. The molecule has 0 spiro atoms. The van der Waals surface area contributed by atoms with Gasteiger partial charge in [0, 0.05) is 5.92 Å². The molecule has 0 aliphatic rings. The number of sulfone groups is 1. The molecule has 2 unspecified atom stereocenters. The van der Waals surface area contributed by atoms with Gasteiger partial charge in [-0.25, -0.2) is 8.42 Å². The third kappa shape index (κ3) is 3.80. The second-order valence-corrected chi connectivity index (χ2v) is 6.77. The maximum atomic E-state index is 12.1. The highest BCUT2D eigenvalue weighted by atomic mass is 32.2. The fourth-order valence-electron chi connectivity index (χ4n) is 1.78. The Kier molecular flexibility index (Phi) is 4.90. The number of hydrogen-bond acceptors (Lipinski definition) is 4. The minimum absolute atomic E-state index is 0.222. The van der Waals surface area contributed by atoms with Gasteiger partial charge >= 0.3 is 0 Å². The second-order valence-electron chi connectivity index (χ2n) is 4.74. The molecule has 1 rings (SSSR count). The van der Waals surface area contributed by atoms with Crippen molar-refractivity contribution in [3.05, 3.63) is 29.8 Å². The van der Waals surface area contributed by atoms with Crippen LogP contribution in [-0.4, -0.2) is 36.6 Å². The first-order valence-electron chi connectivity index (χ1n) is 5.89. The predicted molar refractivity (Wildman–Crippen MR) is 70.1 cm³/mol. The van der Waals surface area contributed by atoms with E-state index in [0.717, 1.165) is 5.56 Å². The molecule has 18 heavy (non-hydrogen) atoms. The lowest BCUT2D eigenvalue weighted by molar-refractivity contribution is 0.0436. The topological polar surface area (TPSA) is 74.6 Å². The maximum Gasteiger partial charge on any atom is 0.178 e. The van der Waals surface area contributed by atoms with Crippen LogP contribution in [0.1, 0.15) is 19.4 Å². The average molecular weight is 272 g/mol. The van der Waals surface area contributed by atoms with Gasteiger partial charge in [-0.1, -0.05) is 17.7 Å². The fourth-order valence-corrected chi connectivity index (χ4v) is 3.58. The Balaban J connectivity index is 2.97. The molecule has 1 aromatic carbocycles. The lowest BCUT2D eigenvalue weighted by Gasteiger charge is -2.22. The van der Waals surface area contributed by atoms with Crippen molar-refractivity contribution in [1.82, 2.24) is 0 Å². The van der Waals surface area contributed by atoms with E-state index in [9.17, 15) is 18.6 Å². The van der Waals surface area contributed by atoms with Gasteiger partial charge in [-0.05, 0) is 32.9 Å². The van der Waals surface area contributed by atoms with E-state index < -0.39 is 28.0 Å². The molecule has 0 aliphatic heterocycles. The highest BCUT2D eigenvalue weighted by Gasteiger charge is 2.28. The third-order valence-corrected chi connectivity index (χ3v) is 4.85. The summed E-state index contributed by atoms with van der Waals surface area (Å²) in [4.78, 5) is 0.222. The molecule has 0 saturated heterocycles. The minimum atomic E-state index is -3.49. The van der Waals surface area contributed by atoms with Crippen LogP contribution in [0.4, 0.5) is 0 Å². The first-order valence-corrected chi connectivity index (χ1v) is 7.55. The first kappa shape index (κ1) is 15.1. The van der Waals surface area contributed by atoms with Gasteiger partial charge in [0.1, 0.15) is 0 Å². The molecule has 0 aliphatic carbocycles.